The molecule has 1 heterocycles. The highest BCUT2D eigenvalue weighted by molar-refractivity contribution is 7.99. The number of anilines is 1. The molecule has 0 radical (unpaired) electrons. The maximum absolute atomic E-state index is 12.4. The van der Waals surface area contributed by atoms with Gasteiger partial charge in [-0.3, -0.25) is 9.36 Å². The number of nitrogens with one attached hydrogen (secondary N) is 1. The van der Waals surface area contributed by atoms with Crippen LogP contribution in [0.1, 0.15) is 25.7 Å². The second kappa shape index (κ2) is 11.1. The van der Waals surface area contributed by atoms with E-state index in [1.165, 1.54) is 24.6 Å². The van der Waals surface area contributed by atoms with Gasteiger partial charge < -0.3 is 10.1 Å². The summed E-state index contributed by atoms with van der Waals surface area (Å²) in [6.07, 6.45) is 6.80. The Morgan fingerprint density at radius 3 is 2.67 bits per heavy atom. The third-order valence-electron chi connectivity index (χ3n) is 5.28. The Balaban J connectivity index is 1.43. The van der Waals surface area contributed by atoms with E-state index >= 15 is 0 Å². The van der Waals surface area contributed by atoms with Gasteiger partial charge >= 0.3 is 0 Å². The summed E-state index contributed by atoms with van der Waals surface area (Å²) in [5.74, 6) is 1.51. The molecule has 3 aromatic rings. The lowest BCUT2D eigenvalue weighted by Crippen LogP contribution is -2.15. The molecule has 1 amide bonds. The quantitative estimate of drug-likeness (QED) is 0.267. The molecule has 1 fully saturated rings. The van der Waals surface area contributed by atoms with Crippen molar-refractivity contribution in [2.45, 2.75) is 43.5 Å². The second-order valence-corrected chi connectivity index (χ2v) is 9.50. The standard InChI is InChI=1S/C24H24Cl2N4O2S/c1-2-13-30-23(16-7-10-19(11-8-16)32-18-5-3-4-6-18)28-29-24(30)33-15-22(31)27-21-14-17(25)9-12-20(21)26/h2,7-12,14,18H,1,3-6,13,15H2,(H,27,31). The van der Waals surface area contributed by atoms with Gasteiger partial charge in [0.15, 0.2) is 11.0 Å². The van der Waals surface area contributed by atoms with Crippen LogP contribution in [0.5, 0.6) is 5.75 Å². The summed E-state index contributed by atoms with van der Waals surface area (Å²) >= 11 is 13.4. The van der Waals surface area contributed by atoms with Gasteiger partial charge in [0.05, 0.1) is 22.6 Å². The lowest BCUT2D eigenvalue weighted by Gasteiger charge is -2.13. The smallest absolute Gasteiger partial charge is 0.234 e. The molecule has 2 aromatic carbocycles. The average Bonchev–Trinajstić information content (AvgIpc) is 3.46. The van der Waals surface area contributed by atoms with E-state index in [4.69, 9.17) is 27.9 Å². The predicted octanol–water partition coefficient (Wildman–Crippen LogP) is 6.49. The first kappa shape index (κ1) is 23.7. The summed E-state index contributed by atoms with van der Waals surface area (Å²) < 4.78 is 7.99. The van der Waals surface area contributed by atoms with Gasteiger partial charge in [-0.2, -0.15) is 0 Å². The van der Waals surface area contributed by atoms with Crippen LogP contribution < -0.4 is 10.1 Å². The van der Waals surface area contributed by atoms with Gasteiger partial charge in [0.25, 0.3) is 0 Å². The molecule has 0 saturated heterocycles. The topological polar surface area (TPSA) is 69.0 Å². The summed E-state index contributed by atoms with van der Waals surface area (Å²) in [5, 5.41) is 13.0. The van der Waals surface area contributed by atoms with E-state index in [1.807, 2.05) is 28.8 Å². The van der Waals surface area contributed by atoms with Gasteiger partial charge in [0.2, 0.25) is 5.91 Å². The van der Waals surface area contributed by atoms with Gasteiger partial charge in [-0.15, -0.1) is 16.8 Å². The molecule has 1 aromatic heterocycles. The van der Waals surface area contributed by atoms with E-state index in [1.54, 1.807) is 24.3 Å². The van der Waals surface area contributed by atoms with E-state index in [9.17, 15) is 4.79 Å². The maximum Gasteiger partial charge on any atom is 0.234 e. The van der Waals surface area contributed by atoms with Crippen molar-refractivity contribution >= 4 is 46.6 Å². The van der Waals surface area contributed by atoms with Crippen LogP contribution in [0, 0.1) is 0 Å². The highest BCUT2D eigenvalue weighted by atomic mass is 35.5. The zero-order chi connectivity index (χ0) is 23.2. The van der Waals surface area contributed by atoms with Crippen molar-refractivity contribution in [3.63, 3.8) is 0 Å². The summed E-state index contributed by atoms with van der Waals surface area (Å²) in [6.45, 7) is 4.36. The third kappa shape index (κ3) is 6.10. The fourth-order valence-corrected chi connectivity index (χ4v) is 4.78. The molecule has 33 heavy (non-hydrogen) atoms. The van der Waals surface area contributed by atoms with Gasteiger partial charge in [0.1, 0.15) is 5.75 Å². The van der Waals surface area contributed by atoms with Crippen LogP contribution in [0.15, 0.2) is 60.3 Å². The number of carbonyl (C=O) groups excluding carboxylic acids is 1. The molecule has 0 unspecified atom stereocenters. The number of hydrogen-bond acceptors (Lipinski definition) is 5. The third-order valence-corrected chi connectivity index (χ3v) is 6.81. The molecule has 1 aliphatic carbocycles. The Labute approximate surface area is 207 Å². The van der Waals surface area contributed by atoms with Crippen molar-refractivity contribution in [2.24, 2.45) is 0 Å². The summed E-state index contributed by atoms with van der Waals surface area (Å²) in [7, 11) is 0. The first-order valence-electron chi connectivity index (χ1n) is 10.7. The van der Waals surface area contributed by atoms with Crippen molar-refractivity contribution in [2.75, 3.05) is 11.1 Å². The zero-order valence-corrected chi connectivity index (χ0v) is 20.3. The molecule has 4 rings (SSSR count). The monoisotopic (exact) mass is 502 g/mol. The van der Waals surface area contributed by atoms with Crippen LogP contribution >= 0.6 is 35.0 Å². The molecule has 6 nitrogen and oxygen atoms in total. The fraction of sp³-hybridized carbons (Fsp3) is 0.292. The first-order valence-corrected chi connectivity index (χ1v) is 12.5. The van der Waals surface area contributed by atoms with Crippen LogP contribution in [-0.2, 0) is 11.3 Å². The Kier molecular flexibility index (Phi) is 7.96. The fourth-order valence-electron chi connectivity index (χ4n) is 3.69. The van der Waals surface area contributed by atoms with Crippen LogP contribution in [0.2, 0.25) is 10.0 Å². The predicted molar refractivity (Wildman–Crippen MR) is 134 cm³/mol. The summed E-state index contributed by atoms with van der Waals surface area (Å²) in [6, 6.07) is 12.8. The van der Waals surface area contributed by atoms with Crippen molar-refractivity contribution in [1.82, 2.24) is 14.8 Å². The van der Waals surface area contributed by atoms with Crippen LogP contribution in [0.3, 0.4) is 0 Å². The lowest BCUT2D eigenvalue weighted by molar-refractivity contribution is -0.113. The van der Waals surface area contributed by atoms with Gasteiger partial charge in [-0.05, 0) is 68.1 Å². The van der Waals surface area contributed by atoms with Crippen molar-refractivity contribution < 1.29 is 9.53 Å². The molecule has 1 aliphatic rings. The van der Waals surface area contributed by atoms with E-state index in [2.05, 4.69) is 22.1 Å². The van der Waals surface area contributed by atoms with E-state index < -0.39 is 0 Å². The van der Waals surface area contributed by atoms with Gasteiger partial charge in [-0.1, -0.05) is 41.0 Å². The zero-order valence-electron chi connectivity index (χ0n) is 18.0. The number of rotatable bonds is 9. The van der Waals surface area contributed by atoms with Crippen LogP contribution in [-0.4, -0.2) is 32.5 Å². The molecule has 172 valence electrons. The van der Waals surface area contributed by atoms with E-state index in [-0.39, 0.29) is 11.7 Å². The number of aromatic nitrogens is 3. The number of hydrogen-bond donors (Lipinski definition) is 1. The van der Waals surface area contributed by atoms with Crippen molar-refractivity contribution in [3.8, 4) is 17.1 Å². The number of amides is 1. The van der Waals surface area contributed by atoms with Crippen molar-refractivity contribution in [1.29, 1.82) is 0 Å². The number of allylic oxidation sites excluding steroid dienone is 1. The highest BCUT2D eigenvalue weighted by Gasteiger charge is 2.18. The van der Waals surface area contributed by atoms with Crippen LogP contribution in [0.25, 0.3) is 11.4 Å². The minimum absolute atomic E-state index is 0.145. The molecule has 0 spiro atoms. The minimum Gasteiger partial charge on any atom is -0.490 e. The maximum atomic E-state index is 12.4. The van der Waals surface area contributed by atoms with E-state index in [0.29, 0.717) is 39.4 Å². The largest absolute Gasteiger partial charge is 0.490 e. The van der Waals surface area contributed by atoms with Crippen LogP contribution in [0.4, 0.5) is 5.69 Å². The number of ether oxygens (including phenoxy) is 1. The average molecular weight is 503 g/mol. The number of thioether (sulfide) groups is 1. The Morgan fingerprint density at radius 2 is 1.94 bits per heavy atom. The molecule has 0 atom stereocenters. The van der Waals surface area contributed by atoms with Crippen molar-refractivity contribution in [3.05, 3.63) is 65.2 Å². The summed E-state index contributed by atoms with van der Waals surface area (Å²) in [5.41, 5.74) is 1.40. The molecule has 1 saturated carbocycles. The van der Waals surface area contributed by atoms with Gasteiger partial charge in [0, 0.05) is 17.1 Å². The number of benzene rings is 2. The number of nitrogens with zero attached hydrogens (tertiary/aromatic N) is 3. The van der Waals surface area contributed by atoms with E-state index in [0.717, 1.165) is 24.2 Å². The first-order chi connectivity index (χ1) is 16.0. The molecule has 0 aliphatic heterocycles. The Morgan fingerprint density at radius 1 is 1.18 bits per heavy atom. The molecule has 1 N–H and O–H groups in total. The lowest BCUT2D eigenvalue weighted by atomic mass is 10.2. The molecular formula is C24H24Cl2N4O2S. The Bertz CT molecular complexity index is 1130. The normalized spacial score (nSPS) is 13.8. The molecule has 9 heteroatoms. The number of carbonyl (C=O) groups is 1. The summed E-state index contributed by atoms with van der Waals surface area (Å²) in [4.78, 5) is 12.4. The molecular weight excluding hydrogens is 479 g/mol. The second-order valence-electron chi connectivity index (χ2n) is 7.72. The SMILES string of the molecule is C=CCn1c(SCC(=O)Nc2cc(Cl)ccc2Cl)nnc1-c1ccc(OC2CCCC2)cc1. The highest BCUT2D eigenvalue weighted by Crippen LogP contribution is 2.29. The minimum atomic E-state index is -0.215. The molecule has 0 bridgehead atoms. The Hall–Kier alpha value is -2.48. The number of halogens is 2. The van der Waals surface area contributed by atoms with Gasteiger partial charge in [-0.25, -0.2) is 0 Å².